The summed E-state index contributed by atoms with van der Waals surface area (Å²) in [5.74, 6) is -0.336. The molecule has 2 heterocycles. The van der Waals surface area contributed by atoms with Gasteiger partial charge in [-0.15, -0.1) is 0 Å². The zero-order valence-electron chi connectivity index (χ0n) is 17.8. The lowest BCUT2D eigenvalue weighted by Crippen LogP contribution is -2.26. The van der Waals surface area contributed by atoms with Crippen molar-refractivity contribution >= 4 is 11.7 Å². The van der Waals surface area contributed by atoms with Crippen LogP contribution >= 0.6 is 0 Å². The number of hydrogen-bond acceptors (Lipinski definition) is 5. The zero-order valence-corrected chi connectivity index (χ0v) is 17.8. The monoisotopic (exact) mass is 423 g/mol. The molecule has 1 aromatic carbocycles. The van der Waals surface area contributed by atoms with Gasteiger partial charge in [0.25, 0.3) is 5.91 Å². The Morgan fingerprint density at radius 1 is 1.32 bits per heavy atom. The molecular formula is C23H26FN5O2. The van der Waals surface area contributed by atoms with Crippen molar-refractivity contribution in [2.75, 3.05) is 11.9 Å². The van der Waals surface area contributed by atoms with Crippen LogP contribution in [0.3, 0.4) is 0 Å². The number of carbonyl (C=O) groups excluding carboxylic acids is 1. The molecule has 7 nitrogen and oxygen atoms in total. The Labute approximate surface area is 180 Å². The lowest BCUT2D eigenvalue weighted by Gasteiger charge is -2.16. The Morgan fingerprint density at radius 3 is 2.74 bits per heavy atom. The third-order valence-corrected chi connectivity index (χ3v) is 5.32. The van der Waals surface area contributed by atoms with E-state index < -0.39 is 11.7 Å². The third-order valence-electron chi connectivity index (χ3n) is 5.32. The predicted octanol–water partition coefficient (Wildman–Crippen LogP) is 3.28. The maximum atomic E-state index is 14.5. The van der Waals surface area contributed by atoms with Crippen LogP contribution in [0.4, 0.5) is 10.2 Å². The number of amides is 1. The van der Waals surface area contributed by atoms with Crippen molar-refractivity contribution in [2.45, 2.75) is 38.8 Å². The van der Waals surface area contributed by atoms with Gasteiger partial charge in [-0.05, 0) is 62.1 Å². The minimum Gasteiger partial charge on any atom is -0.394 e. The molecule has 3 aromatic rings. The van der Waals surface area contributed by atoms with Crippen LogP contribution in [0, 0.1) is 12.7 Å². The van der Waals surface area contributed by atoms with E-state index in [0.717, 1.165) is 35.2 Å². The highest BCUT2D eigenvalue weighted by Crippen LogP contribution is 2.33. The first-order chi connectivity index (χ1) is 14.9. The van der Waals surface area contributed by atoms with Crippen molar-refractivity contribution in [2.24, 2.45) is 7.05 Å². The molecule has 1 amide bonds. The maximum absolute atomic E-state index is 14.5. The van der Waals surface area contributed by atoms with E-state index in [-0.39, 0.29) is 24.3 Å². The van der Waals surface area contributed by atoms with Crippen molar-refractivity contribution in [1.82, 2.24) is 20.1 Å². The first kappa shape index (κ1) is 21.0. The molecule has 0 bridgehead atoms. The molecule has 1 fully saturated rings. The standard InChI is InChI=1S/C23H26FN5O2/c1-13-8-20(24)18(23(31)27-16-4-5-16)10-17(13)15-9-19(21-6-7-29(3)28-21)22(25-11-15)26-14(2)12-30/h6-11,14,16,30H,4-5,12H2,1-3H3,(H,25,26)(H,27,31)/t14-/m1/s1. The summed E-state index contributed by atoms with van der Waals surface area (Å²) in [6.07, 6.45) is 5.39. The maximum Gasteiger partial charge on any atom is 0.254 e. The average molecular weight is 423 g/mol. The van der Waals surface area contributed by atoms with Gasteiger partial charge in [-0.1, -0.05) is 0 Å². The molecule has 0 unspecified atom stereocenters. The second-order valence-corrected chi connectivity index (χ2v) is 8.12. The van der Waals surface area contributed by atoms with Crippen LogP contribution < -0.4 is 10.6 Å². The van der Waals surface area contributed by atoms with Crippen LogP contribution in [0.15, 0.2) is 36.7 Å². The Morgan fingerprint density at radius 2 is 2.10 bits per heavy atom. The Hall–Kier alpha value is -3.26. The second kappa shape index (κ2) is 8.47. The van der Waals surface area contributed by atoms with E-state index in [4.69, 9.17) is 0 Å². The zero-order chi connectivity index (χ0) is 22.1. The van der Waals surface area contributed by atoms with Gasteiger partial charge in [-0.25, -0.2) is 9.37 Å². The summed E-state index contributed by atoms with van der Waals surface area (Å²) < 4.78 is 16.2. The molecule has 31 heavy (non-hydrogen) atoms. The van der Waals surface area contributed by atoms with Crippen LogP contribution in [0.2, 0.25) is 0 Å². The average Bonchev–Trinajstić information content (AvgIpc) is 3.45. The summed E-state index contributed by atoms with van der Waals surface area (Å²) in [5.41, 5.74) is 3.69. The number of halogens is 1. The molecule has 8 heteroatoms. The minimum atomic E-state index is -0.535. The van der Waals surface area contributed by atoms with E-state index in [1.807, 2.05) is 32.3 Å². The molecule has 162 valence electrons. The van der Waals surface area contributed by atoms with Crippen molar-refractivity contribution in [3.8, 4) is 22.4 Å². The Kier molecular flexibility index (Phi) is 5.73. The van der Waals surface area contributed by atoms with Crippen molar-refractivity contribution in [3.05, 3.63) is 53.6 Å². The SMILES string of the molecule is Cc1cc(F)c(C(=O)NC2CC2)cc1-c1cnc(N[C@H](C)CO)c(-c2ccn(C)n2)c1. The number of aromatic nitrogens is 3. The van der Waals surface area contributed by atoms with Gasteiger partial charge in [-0.3, -0.25) is 9.48 Å². The van der Waals surface area contributed by atoms with E-state index in [2.05, 4.69) is 20.7 Å². The third kappa shape index (κ3) is 4.59. The number of nitrogens with zero attached hydrogens (tertiary/aromatic N) is 3. The molecule has 2 aromatic heterocycles. The van der Waals surface area contributed by atoms with Gasteiger partial charge in [0.05, 0.1) is 17.9 Å². The normalized spacial score (nSPS) is 14.4. The Balaban J connectivity index is 1.77. The highest BCUT2D eigenvalue weighted by atomic mass is 19.1. The lowest BCUT2D eigenvalue weighted by molar-refractivity contribution is 0.0947. The number of aliphatic hydroxyl groups excluding tert-OH is 1. The molecule has 0 saturated heterocycles. The minimum absolute atomic E-state index is 0.0305. The van der Waals surface area contributed by atoms with Crippen LogP contribution in [0.25, 0.3) is 22.4 Å². The van der Waals surface area contributed by atoms with Gasteiger partial charge in [0.15, 0.2) is 0 Å². The molecule has 3 N–H and O–H groups in total. The summed E-state index contributed by atoms with van der Waals surface area (Å²) in [6.45, 7) is 3.62. The van der Waals surface area contributed by atoms with Gasteiger partial charge < -0.3 is 15.7 Å². The molecule has 1 saturated carbocycles. The van der Waals surface area contributed by atoms with Crippen molar-refractivity contribution in [3.63, 3.8) is 0 Å². The van der Waals surface area contributed by atoms with Gasteiger partial charge in [-0.2, -0.15) is 5.10 Å². The van der Waals surface area contributed by atoms with Crippen molar-refractivity contribution < 1.29 is 14.3 Å². The number of hydrogen-bond donors (Lipinski definition) is 3. The summed E-state index contributed by atoms with van der Waals surface area (Å²) in [4.78, 5) is 17.1. The second-order valence-electron chi connectivity index (χ2n) is 8.12. The van der Waals surface area contributed by atoms with Crippen LogP contribution in [-0.2, 0) is 7.05 Å². The van der Waals surface area contributed by atoms with E-state index >= 15 is 0 Å². The summed E-state index contributed by atoms with van der Waals surface area (Å²) in [6, 6.07) is 6.73. The molecular weight excluding hydrogens is 397 g/mol. The fourth-order valence-electron chi connectivity index (χ4n) is 3.41. The van der Waals surface area contributed by atoms with Crippen LogP contribution in [0.5, 0.6) is 0 Å². The Bertz CT molecular complexity index is 1120. The molecule has 0 spiro atoms. The number of benzene rings is 1. The van der Waals surface area contributed by atoms with E-state index in [0.29, 0.717) is 11.4 Å². The highest BCUT2D eigenvalue weighted by Gasteiger charge is 2.26. The fraction of sp³-hybridized carbons (Fsp3) is 0.348. The summed E-state index contributed by atoms with van der Waals surface area (Å²) in [7, 11) is 1.83. The smallest absolute Gasteiger partial charge is 0.254 e. The number of aliphatic hydroxyl groups is 1. The van der Waals surface area contributed by atoms with E-state index in [1.165, 1.54) is 6.07 Å². The van der Waals surface area contributed by atoms with Crippen molar-refractivity contribution in [1.29, 1.82) is 0 Å². The largest absolute Gasteiger partial charge is 0.394 e. The van der Waals surface area contributed by atoms with E-state index in [9.17, 15) is 14.3 Å². The fourth-order valence-corrected chi connectivity index (χ4v) is 3.41. The van der Waals surface area contributed by atoms with E-state index in [1.54, 1.807) is 23.9 Å². The van der Waals surface area contributed by atoms with Gasteiger partial charge in [0.1, 0.15) is 11.6 Å². The number of anilines is 1. The van der Waals surface area contributed by atoms with Gasteiger partial charge >= 0.3 is 0 Å². The lowest BCUT2D eigenvalue weighted by atomic mass is 9.96. The number of rotatable bonds is 7. The van der Waals surface area contributed by atoms with Crippen LogP contribution in [-0.4, -0.2) is 44.5 Å². The molecule has 1 atom stereocenters. The van der Waals surface area contributed by atoms with Crippen LogP contribution in [0.1, 0.15) is 35.7 Å². The first-order valence-electron chi connectivity index (χ1n) is 10.3. The number of nitrogens with one attached hydrogen (secondary N) is 2. The quantitative estimate of drug-likeness (QED) is 0.542. The number of aryl methyl sites for hydroxylation is 2. The molecule has 0 radical (unpaired) electrons. The number of pyridine rings is 1. The molecule has 4 rings (SSSR count). The summed E-state index contributed by atoms with van der Waals surface area (Å²) in [5, 5.41) is 19.9. The molecule has 1 aliphatic rings. The first-order valence-corrected chi connectivity index (χ1v) is 10.3. The predicted molar refractivity (Wildman–Crippen MR) is 117 cm³/mol. The highest BCUT2D eigenvalue weighted by molar-refractivity contribution is 5.96. The van der Waals surface area contributed by atoms with Gasteiger partial charge in [0, 0.05) is 42.7 Å². The van der Waals surface area contributed by atoms with Gasteiger partial charge in [0.2, 0.25) is 0 Å². The summed E-state index contributed by atoms with van der Waals surface area (Å²) >= 11 is 0. The molecule has 1 aliphatic carbocycles. The topological polar surface area (TPSA) is 92.1 Å². The number of carbonyl (C=O) groups is 1. The molecule has 0 aliphatic heterocycles.